The maximum absolute atomic E-state index is 12.2. The van der Waals surface area contributed by atoms with E-state index in [-0.39, 0.29) is 11.6 Å². The van der Waals surface area contributed by atoms with Crippen LogP contribution >= 0.6 is 0 Å². The molecule has 9 heteroatoms. The molecule has 1 amide bonds. The Morgan fingerprint density at radius 3 is 2.75 bits per heavy atom. The zero-order chi connectivity index (χ0) is 19.8. The van der Waals surface area contributed by atoms with Gasteiger partial charge in [-0.3, -0.25) is 14.2 Å². The molecule has 0 aliphatic rings. The first-order valence-electron chi connectivity index (χ1n) is 8.39. The quantitative estimate of drug-likeness (QED) is 0.562. The van der Waals surface area contributed by atoms with E-state index in [1.807, 2.05) is 0 Å². The second-order valence-electron chi connectivity index (χ2n) is 6.36. The van der Waals surface area contributed by atoms with Crippen LogP contribution in [0.5, 0.6) is 0 Å². The van der Waals surface area contributed by atoms with Crippen LogP contribution in [0.3, 0.4) is 0 Å². The van der Waals surface area contributed by atoms with Crippen molar-refractivity contribution in [1.29, 1.82) is 0 Å². The van der Waals surface area contributed by atoms with E-state index in [1.165, 1.54) is 11.1 Å². The Morgan fingerprint density at radius 1 is 1.18 bits per heavy atom. The molecule has 0 radical (unpaired) electrons. The highest BCUT2D eigenvalue weighted by atomic mass is 16.4. The summed E-state index contributed by atoms with van der Waals surface area (Å²) in [5.74, 6) is -0.879. The molecule has 0 spiro atoms. The van der Waals surface area contributed by atoms with Crippen LogP contribution in [0.2, 0.25) is 0 Å². The van der Waals surface area contributed by atoms with Crippen molar-refractivity contribution in [3.63, 3.8) is 0 Å². The number of amides is 1. The predicted octanol–water partition coefficient (Wildman–Crippen LogP) is 2.42. The third-order valence-electron chi connectivity index (χ3n) is 4.19. The van der Waals surface area contributed by atoms with Gasteiger partial charge in [0.15, 0.2) is 11.3 Å². The second-order valence-corrected chi connectivity index (χ2v) is 6.36. The summed E-state index contributed by atoms with van der Waals surface area (Å²) in [6.45, 7) is 0. The van der Waals surface area contributed by atoms with E-state index in [1.54, 1.807) is 61.2 Å². The van der Waals surface area contributed by atoms with E-state index >= 15 is 0 Å². The van der Waals surface area contributed by atoms with Gasteiger partial charge in [0.25, 0.3) is 5.91 Å². The van der Waals surface area contributed by atoms with E-state index in [4.69, 9.17) is 0 Å². The number of nitrogens with zero attached hydrogens (tertiary/aromatic N) is 5. The van der Waals surface area contributed by atoms with Gasteiger partial charge in [-0.15, -0.1) is 0 Å². The maximum atomic E-state index is 12.2. The lowest BCUT2D eigenvalue weighted by molar-refractivity contribution is 0.0690. The Balaban J connectivity index is 1.85. The van der Waals surface area contributed by atoms with Crippen molar-refractivity contribution in [3.05, 3.63) is 60.2 Å². The zero-order valence-corrected chi connectivity index (χ0v) is 15.1. The highest BCUT2D eigenvalue weighted by molar-refractivity contribution is 5.96. The number of carboxylic acids is 1. The number of nitrogens with one attached hydrogen (secondary N) is 1. The van der Waals surface area contributed by atoms with Gasteiger partial charge in [0, 0.05) is 43.9 Å². The smallest absolute Gasteiger partial charge is 0.356 e. The van der Waals surface area contributed by atoms with E-state index in [9.17, 15) is 14.7 Å². The molecule has 9 nitrogen and oxygen atoms in total. The van der Waals surface area contributed by atoms with E-state index in [0.29, 0.717) is 33.7 Å². The minimum absolute atomic E-state index is 0.0993. The summed E-state index contributed by atoms with van der Waals surface area (Å²) < 4.78 is 1.56. The van der Waals surface area contributed by atoms with Gasteiger partial charge in [0.05, 0.1) is 10.9 Å². The zero-order valence-electron chi connectivity index (χ0n) is 15.1. The van der Waals surface area contributed by atoms with Crippen molar-refractivity contribution in [2.75, 3.05) is 19.4 Å². The molecule has 1 aromatic carbocycles. The van der Waals surface area contributed by atoms with Gasteiger partial charge in [-0.1, -0.05) is 6.07 Å². The molecule has 0 bridgehead atoms. The van der Waals surface area contributed by atoms with Crippen LogP contribution in [0, 0.1) is 0 Å². The van der Waals surface area contributed by atoms with E-state index in [2.05, 4.69) is 20.3 Å². The first-order valence-corrected chi connectivity index (χ1v) is 8.39. The average molecular weight is 376 g/mol. The average Bonchev–Trinajstić information content (AvgIpc) is 3.14. The van der Waals surface area contributed by atoms with Crippen LogP contribution in [0.15, 0.2) is 48.9 Å². The van der Waals surface area contributed by atoms with Gasteiger partial charge in [-0.25, -0.2) is 14.8 Å². The van der Waals surface area contributed by atoms with Crippen molar-refractivity contribution < 1.29 is 14.7 Å². The fourth-order valence-electron chi connectivity index (χ4n) is 2.87. The van der Waals surface area contributed by atoms with Crippen molar-refractivity contribution in [2.24, 2.45) is 0 Å². The molecule has 0 fully saturated rings. The number of hydrogen-bond acceptors (Lipinski definition) is 6. The molecule has 3 aromatic heterocycles. The fraction of sp³-hybridized carbons (Fsp3) is 0.105. The van der Waals surface area contributed by atoms with Gasteiger partial charge < -0.3 is 15.3 Å². The van der Waals surface area contributed by atoms with Crippen LogP contribution < -0.4 is 5.32 Å². The lowest BCUT2D eigenvalue weighted by atomic mass is 10.2. The summed E-state index contributed by atoms with van der Waals surface area (Å²) in [6.07, 6.45) is 4.59. The van der Waals surface area contributed by atoms with Gasteiger partial charge in [-0.2, -0.15) is 0 Å². The minimum Gasteiger partial charge on any atom is -0.476 e. The minimum atomic E-state index is -1.13. The molecule has 3 heterocycles. The summed E-state index contributed by atoms with van der Waals surface area (Å²) in [5.41, 5.74) is 2.11. The number of aromatic carboxylic acids is 1. The van der Waals surface area contributed by atoms with Gasteiger partial charge in [0.1, 0.15) is 0 Å². The number of carbonyl (C=O) groups excluding carboxylic acids is 1. The first kappa shape index (κ1) is 17.4. The SMILES string of the molecule is CN(C)C(=O)c1cccc(Nc2nc3ccncc3c3nc(C(=O)O)cn23)c1. The number of pyridine rings is 1. The number of benzene rings is 1. The second kappa shape index (κ2) is 6.62. The molecule has 2 N–H and O–H groups in total. The standard InChI is InChI=1S/C19H16N6O3/c1-24(2)17(26)11-4-3-5-12(8-11)21-19-23-14-6-7-20-9-13(14)16-22-15(18(27)28)10-25(16)19/h3-10H,1-2H3,(H,21,23)(H,27,28). The normalized spacial score (nSPS) is 10.9. The van der Waals surface area contributed by atoms with Gasteiger partial charge >= 0.3 is 5.97 Å². The number of anilines is 2. The largest absolute Gasteiger partial charge is 0.476 e. The van der Waals surface area contributed by atoms with Crippen LogP contribution in [0.4, 0.5) is 11.6 Å². The van der Waals surface area contributed by atoms with Gasteiger partial charge in [0.2, 0.25) is 5.95 Å². The summed E-state index contributed by atoms with van der Waals surface area (Å²) in [7, 11) is 3.37. The fourth-order valence-corrected chi connectivity index (χ4v) is 2.87. The molecule has 4 aromatic rings. The summed E-state index contributed by atoms with van der Waals surface area (Å²) in [6, 6.07) is 8.72. The maximum Gasteiger partial charge on any atom is 0.356 e. The molecular formula is C19H16N6O3. The molecule has 0 saturated carbocycles. The Morgan fingerprint density at radius 2 is 2.00 bits per heavy atom. The number of carbonyl (C=O) groups is 2. The number of imidazole rings is 1. The Labute approximate surface area is 159 Å². The predicted molar refractivity (Wildman–Crippen MR) is 103 cm³/mol. The molecule has 4 rings (SSSR count). The first-order chi connectivity index (χ1) is 13.4. The number of rotatable bonds is 4. The Kier molecular flexibility index (Phi) is 4.11. The van der Waals surface area contributed by atoms with Crippen molar-refractivity contribution in [2.45, 2.75) is 0 Å². The molecule has 140 valence electrons. The third kappa shape index (κ3) is 2.98. The monoisotopic (exact) mass is 376 g/mol. The van der Waals surface area contributed by atoms with Crippen molar-refractivity contribution in [3.8, 4) is 0 Å². The van der Waals surface area contributed by atoms with E-state index in [0.717, 1.165) is 0 Å². The van der Waals surface area contributed by atoms with Crippen LogP contribution in [0.25, 0.3) is 16.6 Å². The molecule has 0 aliphatic carbocycles. The summed E-state index contributed by atoms with van der Waals surface area (Å²) in [5, 5.41) is 13.1. The van der Waals surface area contributed by atoms with Crippen molar-refractivity contribution in [1.82, 2.24) is 24.3 Å². The van der Waals surface area contributed by atoms with Crippen LogP contribution in [-0.4, -0.2) is 55.3 Å². The molecule has 0 unspecified atom stereocenters. The lowest BCUT2D eigenvalue weighted by Gasteiger charge is -2.13. The summed E-state index contributed by atoms with van der Waals surface area (Å²) in [4.78, 5) is 37.9. The Bertz CT molecular complexity index is 1230. The molecular weight excluding hydrogens is 360 g/mol. The molecule has 28 heavy (non-hydrogen) atoms. The molecule has 0 aliphatic heterocycles. The summed E-state index contributed by atoms with van der Waals surface area (Å²) >= 11 is 0. The van der Waals surface area contributed by atoms with Crippen molar-refractivity contribution >= 4 is 40.1 Å². The van der Waals surface area contributed by atoms with Gasteiger partial charge in [-0.05, 0) is 24.3 Å². The lowest BCUT2D eigenvalue weighted by Crippen LogP contribution is -2.21. The number of aromatic nitrogens is 4. The molecule has 0 saturated heterocycles. The Hall–Kier alpha value is -4.01. The highest BCUT2D eigenvalue weighted by Crippen LogP contribution is 2.24. The number of carboxylic acid groups (broad SMARTS) is 1. The van der Waals surface area contributed by atoms with E-state index < -0.39 is 5.97 Å². The third-order valence-corrected chi connectivity index (χ3v) is 4.19. The highest BCUT2D eigenvalue weighted by Gasteiger charge is 2.16. The topological polar surface area (TPSA) is 113 Å². The van der Waals surface area contributed by atoms with Crippen LogP contribution in [0.1, 0.15) is 20.8 Å². The molecule has 0 atom stereocenters. The number of hydrogen-bond donors (Lipinski definition) is 2. The van der Waals surface area contributed by atoms with Crippen LogP contribution in [-0.2, 0) is 0 Å². The number of fused-ring (bicyclic) bond motifs is 3.